The molecule has 2 rings (SSSR count). The van der Waals surface area contributed by atoms with Crippen molar-refractivity contribution in [2.75, 3.05) is 7.11 Å². The minimum absolute atomic E-state index is 0.0460. The summed E-state index contributed by atoms with van der Waals surface area (Å²) < 4.78 is 23.4. The van der Waals surface area contributed by atoms with Gasteiger partial charge in [0.15, 0.2) is 0 Å². The summed E-state index contributed by atoms with van der Waals surface area (Å²) in [6, 6.07) is 5.06. The Bertz CT molecular complexity index is 745. The molecule has 0 aliphatic heterocycles. The van der Waals surface area contributed by atoms with Crippen molar-refractivity contribution >= 4 is 5.69 Å². The highest BCUT2D eigenvalue weighted by Gasteiger charge is 2.26. The molecule has 9 heteroatoms. The molecule has 0 radical (unpaired) electrons. The SMILES string of the molecule is COc1ncnc(Oc2ccc(C#N)c(F)c2)c1[N+](=O)[O-]. The fourth-order valence-electron chi connectivity index (χ4n) is 1.49. The number of nitrogens with zero attached hydrogens (tertiary/aromatic N) is 4. The quantitative estimate of drug-likeness (QED) is 0.626. The highest BCUT2D eigenvalue weighted by Crippen LogP contribution is 2.35. The fourth-order valence-corrected chi connectivity index (χ4v) is 1.49. The van der Waals surface area contributed by atoms with Crippen LogP contribution in [0.25, 0.3) is 0 Å². The average Bonchev–Trinajstić information content (AvgIpc) is 2.46. The van der Waals surface area contributed by atoms with Gasteiger partial charge in [-0.05, 0) is 12.1 Å². The lowest BCUT2D eigenvalue weighted by atomic mass is 10.2. The maximum Gasteiger partial charge on any atom is 0.392 e. The number of methoxy groups -OCH3 is 1. The van der Waals surface area contributed by atoms with Crippen LogP contribution >= 0.6 is 0 Å². The van der Waals surface area contributed by atoms with Crippen LogP contribution < -0.4 is 9.47 Å². The number of rotatable bonds is 4. The van der Waals surface area contributed by atoms with E-state index in [0.717, 1.165) is 12.4 Å². The van der Waals surface area contributed by atoms with Crippen LogP contribution in [0.2, 0.25) is 0 Å². The van der Waals surface area contributed by atoms with Crippen LogP contribution in [0, 0.1) is 27.3 Å². The molecule has 0 amide bonds. The topological polar surface area (TPSA) is 111 Å². The van der Waals surface area contributed by atoms with E-state index in [1.54, 1.807) is 6.07 Å². The second-order valence-corrected chi connectivity index (χ2v) is 3.65. The van der Waals surface area contributed by atoms with Crippen molar-refractivity contribution in [3.63, 3.8) is 0 Å². The largest absolute Gasteiger partial charge is 0.476 e. The van der Waals surface area contributed by atoms with Gasteiger partial charge in [-0.3, -0.25) is 10.1 Å². The first-order chi connectivity index (χ1) is 10.1. The molecule has 1 aromatic heterocycles. The predicted molar refractivity (Wildman–Crippen MR) is 66.4 cm³/mol. The first kappa shape index (κ1) is 14.1. The van der Waals surface area contributed by atoms with E-state index in [9.17, 15) is 14.5 Å². The Morgan fingerprint density at radius 1 is 1.38 bits per heavy atom. The van der Waals surface area contributed by atoms with Crippen molar-refractivity contribution < 1.29 is 18.8 Å². The third kappa shape index (κ3) is 2.84. The van der Waals surface area contributed by atoms with Gasteiger partial charge < -0.3 is 9.47 Å². The van der Waals surface area contributed by atoms with Gasteiger partial charge in [-0.15, -0.1) is 0 Å². The Balaban J connectivity index is 2.42. The standard InChI is InChI=1S/C12H7FN4O4/c1-20-11-10(17(18)19)12(16-6-15-11)21-8-3-2-7(5-14)9(13)4-8/h2-4,6H,1H3. The minimum atomic E-state index is -0.807. The predicted octanol–water partition coefficient (Wildman–Crippen LogP) is 2.20. The second-order valence-electron chi connectivity index (χ2n) is 3.65. The van der Waals surface area contributed by atoms with E-state index in [1.165, 1.54) is 19.2 Å². The Labute approximate surface area is 117 Å². The molecule has 0 fully saturated rings. The summed E-state index contributed by atoms with van der Waals surface area (Å²) in [4.78, 5) is 17.5. The monoisotopic (exact) mass is 290 g/mol. The maximum absolute atomic E-state index is 13.5. The summed E-state index contributed by atoms with van der Waals surface area (Å²) in [6.45, 7) is 0. The van der Waals surface area contributed by atoms with Gasteiger partial charge in [-0.25, -0.2) is 4.39 Å². The first-order valence-corrected chi connectivity index (χ1v) is 5.47. The van der Waals surface area contributed by atoms with Gasteiger partial charge in [0.1, 0.15) is 24.0 Å². The number of nitriles is 1. The lowest BCUT2D eigenvalue weighted by Crippen LogP contribution is -2.01. The molecule has 0 bridgehead atoms. The van der Waals surface area contributed by atoms with Gasteiger partial charge in [0.2, 0.25) is 0 Å². The molecule has 2 aromatic rings. The maximum atomic E-state index is 13.5. The molecule has 0 atom stereocenters. The summed E-state index contributed by atoms with van der Waals surface area (Å²) in [5, 5.41) is 19.6. The molecule has 0 N–H and O–H groups in total. The number of hydrogen-bond acceptors (Lipinski definition) is 7. The lowest BCUT2D eigenvalue weighted by molar-refractivity contribution is -0.387. The summed E-state index contributed by atoms with van der Waals surface area (Å²) in [5.41, 5.74) is -0.748. The van der Waals surface area contributed by atoms with Crippen molar-refractivity contribution in [2.45, 2.75) is 0 Å². The van der Waals surface area contributed by atoms with Gasteiger partial charge in [-0.2, -0.15) is 15.2 Å². The van der Waals surface area contributed by atoms with Gasteiger partial charge in [0.05, 0.1) is 17.6 Å². The summed E-state index contributed by atoms with van der Waals surface area (Å²) in [6.07, 6.45) is 1.02. The zero-order valence-electron chi connectivity index (χ0n) is 10.6. The van der Waals surface area contributed by atoms with E-state index in [4.69, 9.17) is 14.7 Å². The number of ether oxygens (including phenoxy) is 2. The zero-order valence-corrected chi connectivity index (χ0v) is 10.6. The molecular formula is C12H7FN4O4. The van der Waals surface area contributed by atoms with E-state index in [-0.39, 0.29) is 17.2 Å². The van der Waals surface area contributed by atoms with Crippen molar-refractivity contribution in [2.24, 2.45) is 0 Å². The Kier molecular flexibility index (Phi) is 3.90. The second kappa shape index (κ2) is 5.79. The molecule has 0 unspecified atom stereocenters. The van der Waals surface area contributed by atoms with E-state index in [0.29, 0.717) is 0 Å². The molecule has 0 saturated carbocycles. The number of nitro groups is 1. The average molecular weight is 290 g/mol. The lowest BCUT2D eigenvalue weighted by Gasteiger charge is -2.07. The van der Waals surface area contributed by atoms with Crippen LogP contribution in [0.15, 0.2) is 24.5 Å². The van der Waals surface area contributed by atoms with E-state index >= 15 is 0 Å². The third-order valence-corrected chi connectivity index (χ3v) is 2.41. The Morgan fingerprint density at radius 2 is 2.10 bits per heavy atom. The van der Waals surface area contributed by atoms with Crippen LogP contribution in [0.5, 0.6) is 17.5 Å². The van der Waals surface area contributed by atoms with Crippen LogP contribution in [0.3, 0.4) is 0 Å². The number of benzene rings is 1. The van der Waals surface area contributed by atoms with Crippen molar-refractivity contribution in [3.8, 4) is 23.6 Å². The molecule has 106 valence electrons. The molecule has 21 heavy (non-hydrogen) atoms. The number of halogens is 1. The fraction of sp³-hybridized carbons (Fsp3) is 0.0833. The number of aromatic nitrogens is 2. The normalized spacial score (nSPS) is 9.76. The smallest absolute Gasteiger partial charge is 0.392 e. The van der Waals surface area contributed by atoms with E-state index in [1.807, 2.05) is 0 Å². The molecule has 0 aliphatic rings. The molecule has 0 spiro atoms. The minimum Gasteiger partial charge on any atom is -0.476 e. The van der Waals surface area contributed by atoms with Gasteiger partial charge in [0.25, 0.3) is 0 Å². The Morgan fingerprint density at radius 3 is 2.67 bits per heavy atom. The van der Waals surface area contributed by atoms with Gasteiger partial charge >= 0.3 is 17.4 Å². The molecular weight excluding hydrogens is 283 g/mol. The Hall–Kier alpha value is -3.28. The van der Waals surface area contributed by atoms with Crippen molar-refractivity contribution in [3.05, 3.63) is 46.0 Å². The van der Waals surface area contributed by atoms with Crippen LogP contribution in [-0.4, -0.2) is 22.0 Å². The molecule has 0 aliphatic carbocycles. The van der Waals surface area contributed by atoms with Gasteiger partial charge in [-0.1, -0.05) is 0 Å². The zero-order chi connectivity index (χ0) is 15.4. The molecule has 8 nitrogen and oxygen atoms in total. The highest BCUT2D eigenvalue weighted by molar-refractivity contribution is 5.51. The van der Waals surface area contributed by atoms with E-state index < -0.39 is 22.3 Å². The van der Waals surface area contributed by atoms with Crippen LogP contribution in [0.4, 0.5) is 10.1 Å². The van der Waals surface area contributed by atoms with Crippen molar-refractivity contribution in [1.82, 2.24) is 9.97 Å². The van der Waals surface area contributed by atoms with Crippen molar-refractivity contribution in [1.29, 1.82) is 5.26 Å². The highest BCUT2D eigenvalue weighted by atomic mass is 19.1. The molecule has 0 saturated heterocycles. The van der Waals surface area contributed by atoms with Crippen LogP contribution in [0.1, 0.15) is 5.56 Å². The number of hydrogen-bond donors (Lipinski definition) is 0. The molecule has 1 heterocycles. The molecule has 1 aromatic carbocycles. The van der Waals surface area contributed by atoms with Gasteiger partial charge in [0, 0.05) is 6.07 Å². The summed E-state index contributed by atoms with van der Waals surface area (Å²) in [7, 11) is 1.21. The summed E-state index contributed by atoms with van der Waals surface area (Å²) >= 11 is 0. The van der Waals surface area contributed by atoms with E-state index in [2.05, 4.69) is 9.97 Å². The third-order valence-electron chi connectivity index (χ3n) is 2.41. The summed E-state index contributed by atoms with van der Waals surface area (Å²) in [5.74, 6) is -1.52. The van der Waals surface area contributed by atoms with Crippen LogP contribution in [-0.2, 0) is 0 Å². The first-order valence-electron chi connectivity index (χ1n) is 5.47.